The van der Waals surface area contributed by atoms with Crippen LogP contribution in [0, 0.1) is 0 Å². The van der Waals surface area contributed by atoms with Crippen LogP contribution in [-0.2, 0) is 4.74 Å². The van der Waals surface area contributed by atoms with Crippen LogP contribution in [0.25, 0.3) is 16.9 Å². The molecule has 1 aliphatic heterocycles. The minimum Gasteiger partial charge on any atom is -0.497 e. The van der Waals surface area contributed by atoms with Gasteiger partial charge in [-0.1, -0.05) is 6.07 Å². The number of anilines is 1. The van der Waals surface area contributed by atoms with Gasteiger partial charge in [0.05, 0.1) is 31.3 Å². The lowest BCUT2D eigenvalue weighted by Crippen LogP contribution is -2.27. The summed E-state index contributed by atoms with van der Waals surface area (Å²) < 4.78 is 12.6. The van der Waals surface area contributed by atoms with Crippen molar-refractivity contribution in [2.75, 3.05) is 38.3 Å². The zero-order chi connectivity index (χ0) is 17.8. The highest BCUT2D eigenvalue weighted by atomic mass is 16.5. The van der Waals surface area contributed by atoms with Crippen molar-refractivity contribution in [3.05, 3.63) is 48.9 Å². The zero-order valence-corrected chi connectivity index (χ0v) is 14.7. The van der Waals surface area contributed by atoms with E-state index in [-0.39, 0.29) is 0 Å². The molecule has 3 aromatic rings. The Labute approximate surface area is 152 Å². The monoisotopic (exact) mass is 351 g/mol. The second kappa shape index (κ2) is 7.53. The first-order valence-corrected chi connectivity index (χ1v) is 8.69. The summed E-state index contributed by atoms with van der Waals surface area (Å²) in [4.78, 5) is 11.3. The first-order chi connectivity index (χ1) is 12.8. The Kier molecular flexibility index (Phi) is 4.79. The summed E-state index contributed by atoms with van der Waals surface area (Å²) in [6, 6.07) is 9.70. The predicted octanol–water partition coefficient (Wildman–Crippen LogP) is 2.56. The van der Waals surface area contributed by atoms with Crippen LogP contribution in [-0.4, -0.2) is 53.2 Å². The number of rotatable bonds is 4. The Bertz CT molecular complexity index is 872. The first-order valence-electron chi connectivity index (χ1n) is 8.69. The lowest BCUT2D eigenvalue weighted by Gasteiger charge is -2.19. The minimum absolute atomic E-state index is 0.710. The third-order valence-electron chi connectivity index (χ3n) is 4.34. The Balaban J connectivity index is 1.60. The second-order valence-electron chi connectivity index (χ2n) is 6.07. The van der Waals surface area contributed by atoms with Crippen molar-refractivity contribution in [2.45, 2.75) is 6.42 Å². The fourth-order valence-corrected chi connectivity index (χ4v) is 2.96. The van der Waals surface area contributed by atoms with Gasteiger partial charge in [-0.2, -0.15) is 5.10 Å². The van der Waals surface area contributed by atoms with Gasteiger partial charge in [-0.25, -0.2) is 14.6 Å². The van der Waals surface area contributed by atoms with Crippen LogP contribution in [0.4, 0.5) is 5.95 Å². The molecule has 7 heteroatoms. The molecule has 4 rings (SSSR count). The molecule has 1 saturated heterocycles. The SMILES string of the molecule is COc1cccc(-n2cc(-c3ccnc(N4CCCOCC4)n3)cn2)c1. The van der Waals surface area contributed by atoms with E-state index in [1.807, 2.05) is 47.4 Å². The largest absolute Gasteiger partial charge is 0.497 e. The Morgan fingerprint density at radius 3 is 3.04 bits per heavy atom. The molecule has 0 atom stereocenters. The van der Waals surface area contributed by atoms with Gasteiger partial charge < -0.3 is 14.4 Å². The van der Waals surface area contributed by atoms with E-state index in [1.165, 1.54) is 0 Å². The topological polar surface area (TPSA) is 65.3 Å². The maximum absolute atomic E-state index is 5.51. The van der Waals surface area contributed by atoms with Crippen LogP contribution in [0.2, 0.25) is 0 Å². The van der Waals surface area contributed by atoms with Crippen molar-refractivity contribution < 1.29 is 9.47 Å². The number of methoxy groups -OCH3 is 1. The molecule has 134 valence electrons. The number of aromatic nitrogens is 4. The Hall–Kier alpha value is -2.93. The number of hydrogen-bond acceptors (Lipinski definition) is 6. The van der Waals surface area contributed by atoms with Crippen molar-refractivity contribution in [2.24, 2.45) is 0 Å². The van der Waals surface area contributed by atoms with Crippen molar-refractivity contribution in [3.63, 3.8) is 0 Å². The highest BCUT2D eigenvalue weighted by Crippen LogP contribution is 2.22. The fraction of sp³-hybridized carbons (Fsp3) is 0.316. The quantitative estimate of drug-likeness (QED) is 0.720. The van der Waals surface area contributed by atoms with E-state index in [1.54, 1.807) is 13.3 Å². The molecule has 0 bridgehead atoms. The van der Waals surface area contributed by atoms with Gasteiger partial charge in [0, 0.05) is 43.7 Å². The van der Waals surface area contributed by atoms with Crippen LogP contribution < -0.4 is 9.64 Å². The average Bonchev–Trinajstić information content (AvgIpc) is 3.04. The van der Waals surface area contributed by atoms with E-state index in [2.05, 4.69) is 15.0 Å². The van der Waals surface area contributed by atoms with Crippen LogP contribution >= 0.6 is 0 Å². The van der Waals surface area contributed by atoms with Crippen LogP contribution in [0.1, 0.15) is 6.42 Å². The number of benzene rings is 1. The molecule has 2 aromatic heterocycles. The van der Waals surface area contributed by atoms with E-state index in [0.717, 1.165) is 54.8 Å². The van der Waals surface area contributed by atoms with Gasteiger partial charge in [-0.15, -0.1) is 0 Å². The second-order valence-corrected chi connectivity index (χ2v) is 6.07. The predicted molar refractivity (Wildman–Crippen MR) is 98.8 cm³/mol. The van der Waals surface area contributed by atoms with E-state index in [0.29, 0.717) is 6.61 Å². The van der Waals surface area contributed by atoms with E-state index >= 15 is 0 Å². The lowest BCUT2D eigenvalue weighted by molar-refractivity contribution is 0.152. The summed E-state index contributed by atoms with van der Waals surface area (Å²) in [6.07, 6.45) is 6.57. The van der Waals surface area contributed by atoms with Gasteiger partial charge in [-0.3, -0.25) is 0 Å². The highest BCUT2D eigenvalue weighted by molar-refractivity contribution is 5.59. The molecular weight excluding hydrogens is 330 g/mol. The molecule has 0 radical (unpaired) electrons. The third-order valence-corrected chi connectivity index (χ3v) is 4.34. The Morgan fingerprint density at radius 2 is 2.12 bits per heavy atom. The van der Waals surface area contributed by atoms with Crippen molar-refractivity contribution >= 4 is 5.95 Å². The molecule has 1 fully saturated rings. The first kappa shape index (κ1) is 16.5. The molecule has 1 aliphatic rings. The van der Waals surface area contributed by atoms with E-state index < -0.39 is 0 Å². The number of ether oxygens (including phenoxy) is 2. The minimum atomic E-state index is 0.710. The molecular formula is C19H21N5O2. The molecule has 3 heterocycles. The van der Waals surface area contributed by atoms with Crippen LogP contribution in [0.3, 0.4) is 0 Å². The molecule has 0 N–H and O–H groups in total. The normalized spacial score (nSPS) is 14.9. The number of hydrogen-bond donors (Lipinski definition) is 0. The summed E-state index contributed by atoms with van der Waals surface area (Å²) in [6.45, 7) is 3.23. The molecule has 0 spiro atoms. The highest BCUT2D eigenvalue weighted by Gasteiger charge is 2.14. The van der Waals surface area contributed by atoms with Crippen molar-refractivity contribution in [1.29, 1.82) is 0 Å². The summed E-state index contributed by atoms with van der Waals surface area (Å²) in [5, 5.41) is 4.46. The molecule has 0 aliphatic carbocycles. The third kappa shape index (κ3) is 3.52. The van der Waals surface area contributed by atoms with Crippen LogP contribution in [0.15, 0.2) is 48.9 Å². The maximum atomic E-state index is 5.51. The summed E-state index contributed by atoms with van der Waals surface area (Å²) >= 11 is 0. The zero-order valence-electron chi connectivity index (χ0n) is 14.7. The molecule has 7 nitrogen and oxygen atoms in total. The molecule has 26 heavy (non-hydrogen) atoms. The van der Waals surface area contributed by atoms with Gasteiger partial charge in [-0.05, 0) is 24.6 Å². The fourth-order valence-electron chi connectivity index (χ4n) is 2.96. The maximum Gasteiger partial charge on any atom is 0.225 e. The molecule has 0 amide bonds. The average molecular weight is 351 g/mol. The Morgan fingerprint density at radius 1 is 1.15 bits per heavy atom. The lowest BCUT2D eigenvalue weighted by atomic mass is 10.2. The summed E-state index contributed by atoms with van der Waals surface area (Å²) in [5.74, 6) is 1.54. The van der Waals surface area contributed by atoms with Crippen molar-refractivity contribution in [1.82, 2.24) is 19.7 Å². The van der Waals surface area contributed by atoms with Crippen LogP contribution in [0.5, 0.6) is 5.75 Å². The summed E-state index contributed by atoms with van der Waals surface area (Å²) in [5.41, 5.74) is 2.74. The van der Waals surface area contributed by atoms with Gasteiger partial charge >= 0.3 is 0 Å². The van der Waals surface area contributed by atoms with E-state index in [9.17, 15) is 0 Å². The van der Waals surface area contributed by atoms with Gasteiger partial charge in [0.2, 0.25) is 5.95 Å². The van der Waals surface area contributed by atoms with Gasteiger partial charge in [0.25, 0.3) is 0 Å². The molecule has 0 saturated carbocycles. The molecule has 0 unspecified atom stereocenters. The summed E-state index contributed by atoms with van der Waals surface area (Å²) in [7, 11) is 1.66. The standard InChI is InChI=1S/C19H21N5O2/c1-25-17-5-2-4-16(12-17)24-14-15(13-21-24)18-6-7-20-19(22-18)23-8-3-10-26-11-9-23/h2,4-7,12-14H,3,8-11H2,1H3. The smallest absolute Gasteiger partial charge is 0.225 e. The number of nitrogens with zero attached hydrogens (tertiary/aromatic N) is 5. The van der Waals surface area contributed by atoms with Crippen molar-refractivity contribution in [3.8, 4) is 22.7 Å². The van der Waals surface area contributed by atoms with E-state index in [4.69, 9.17) is 14.5 Å². The molecule has 1 aromatic carbocycles. The van der Waals surface area contributed by atoms with Gasteiger partial charge in [0.1, 0.15) is 5.75 Å². The van der Waals surface area contributed by atoms with Gasteiger partial charge in [0.15, 0.2) is 0 Å².